The van der Waals surface area contributed by atoms with Crippen LogP contribution in [0.3, 0.4) is 0 Å². The highest BCUT2D eigenvalue weighted by Crippen LogP contribution is 2.22. The van der Waals surface area contributed by atoms with Crippen LogP contribution < -0.4 is 10.1 Å². The second kappa shape index (κ2) is 6.34. The van der Waals surface area contributed by atoms with Crippen LogP contribution in [-0.2, 0) is 0 Å². The van der Waals surface area contributed by atoms with Crippen molar-refractivity contribution in [1.82, 2.24) is 4.98 Å². The van der Waals surface area contributed by atoms with Crippen molar-refractivity contribution in [2.75, 3.05) is 11.9 Å². The summed E-state index contributed by atoms with van der Waals surface area (Å²) in [4.78, 5) is 17.4. The third-order valence-corrected chi connectivity index (χ3v) is 3.72. The number of nitrogens with zero attached hydrogens (tertiary/aromatic N) is 1. The lowest BCUT2D eigenvalue weighted by Gasteiger charge is -2.05. The predicted molar refractivity (Wildman–Crippen MR) is 81.7 cm³/mol. The molecule has 0 atom stereocenters. The Bertz CT molecular complexity index is 598. The Morgan fingerprint density at radius 2 is 2.10 bits per heavy atom. The molecule has 1 amide bonds. The molecule has 0 saturated heterocycles. The van der Waals surface area contributed by atoms with Crippen LogP contribution in [0.4, 0.5) is 5.13 Å². The number of hydrogen-bond acceptors (Lipinski definition) is 4. The first-order chi connectivity index (χ1) is 9.60. The van der Waals surface area contributed by atoms with E-state index in [0.29, 0.717) is 23.1 Å². The molecule has 2 aromatic rings. The molecule has 0 aliphatic heterocycles. The Kier molecular flexibility index (Phi) is 4.53. The van der Waals surface area contributed by atoms with Crippen LogP contribution in [0.5, 0.6) is 5.75 Å². The number of carbonyl (C=O) groups excluding carboxylic acids is 1. The SMILES string of the molecule is C=CCOc1ccc(C(=O)Nc2nc(C)c(C)s2)cc1. The molecule has 0 unspecified atom stereocenters. The highest BCUT2D eigenvalue weighted by Gasteiger charge is 2.10. The summed E-state index contributed by atoms with van der Waals surface area (Å²) in [6, 6.07) is 6.97. The Morgan fingerprint density at radius 3 is 2.65 bits per heavy atom. The van der Waals surface area contributed by atoms with Gasteiger partial charge in [0.15, 0.2) is 5.13 Å². The van der Waals surface area contributed by atoms with Crippen LogP contribution in [0.2, 0.25) is 0 Å². The van der Waals surface area contributed by atoms with Gasteiger partial charge in [0.1, 0.15) is 12.4 Å². The molecule has 1 aromatic carbocycles. The topological polar surface area (TPSA) is 51.2 Å². The average Bonchev–Trinajstić information content (AvgIpc) is 2.75. The number of hydrogen-bond donors (Lipinski definition) is 1. The average molecular weight is 288 g/mol. The molecule has 4 nitrogen and oxygen atoms in total. The number of nitrogens with one attached hydrogen (secondary N) is 1. The molecule has 0 aliphatic carbocycles. The van der Waals surface area contributed by atoms with Crippen molar-refractivity contribution >= 4 is 22.4 Å². The lowest BCUT2D eigenvalue weighted by molar-refractivity contribution is 0.102. The van der Waals surface area contributed by atoms with Crippen LogP contribution in [0.15, 0.2) is 36.9 Å². The lowest BCUT2D eigenvalue weighted by Crippen LogP contribution is -2.11. The molecule has 1 heterocycles. The van der Waals surface area contributed by atoms with E-state index in [9.17, 15) is 4.79 Å². The van der Waals surface area contributed by atoms with E-state index in [1.54, 1.807) is 30.3 Å². The molecule has 0 bridgehead atoms. The summed E-state index contributed by atoms with van der Waals surface area (Å²) in [5, 5.41) is 3.42. The monoisotopic (exact) mass is 288 g/mol. The third-order valence-electron chi connectivity index (χ3n) is 2.73. The molecule has 0 radical (unpaired) electrons. The largest absolute Gasteiger partial charge is 0.490 e. The zero-order valence-electron chi connectivity index (χ0n) is 11.5. The minimum Gasteiger partial charge on any atom is -0.490 e. The van der Waals surface area contributed by atoms with Gasteiger partial charge in [-0.05, 0) is 38.1 Å². The van der Waals surface area contributed by atoms with Crippen molar-refractivity contribution < 1.29 is 9.53 Å². The molecule has 104 valence electrons. The molecule has 5 heteroatoms. The summed E-state index contributed by atoms with van der Waals surface area (Å²) in [5.41, 5.74) is 1.51. The molecule has 1 N–H and O–H groups in total. The zero-order chi connectivity index (χ0) is 14.5. The first kappa shape index (κ1) is 14.3. The number of ether oxygens (including phenoxy) is 1. The highest BCUT2D eigenvalue weighted by molar-refractivity contribution is 7.15. The molecule has 0 saturated carbocycles. The van der Waals surface area contributed by atoms with E-state index in [-0.39, 0.29) is 5.91 Å². The maximum atomic E-state index is 12.1. The Balaban J connectivity index is 2.03. The quantitative estimate of drug-likeness (QED) is 0.856. The van der Waals surface area contributed by atoms with Gasteiger partial charge in [0.05, 0.1) is 5.69 Å². The normalized spacial score (nSPS) is 10.1. The van der Waals surface area contributed by atoms with Gasteiger partial charge in [0.25, 0.3) is 5.91 Å². The van der Waals surface area contributed by atoms with Gasteiger partial charge < -0.3 is 4.74 Å². The number of rotatable bonds is 5. The maximum Gasteiger partial charge on any atom is 0.257 e. The number of anilines is 1. The molecule has 1 aromatic heterocycles. The summed E-state index contributed by atoms with van der Waals surface area (Å²) in [5.74, 6) is 0.538. The standard InChI is InChI=1S/C15H16N2O2S/c1-4-9-19-13-7-5-12(6-8-13)14(18)17-15-16-10(2)11(3)20-15/h4-8H,1,9H2,2-3H3,(H,16,17,18). The summed E-state index contributed by atoms with van der Waals surface area (Å²) < 4.78 is 5.37. The van der Waals surface area contributed by atoms with E-state index in [4.69, 9.17) is 4.74 Å². The van der Waals surface area contributed by atoms with Gasteiger partial charge in [-0.3, -0.25) is 10.1 Å². The number of aromatic nitrogens is 1. The molecule has 20 heavy (non-hydrogen) atoms. The Labute approximate surface area is 122 Å². The van der Waals surface area contributed by atoms with Crippen LogP contribution in [0, 0.1) is 13.8 Å². The first-order valence-electron chi connectivity index (χ1n) is 6.19. The summed E-state index contributed by atoms with van der Waals surface area (Å²) in [6.45, 7) is 7.93. The molecule has 0 aliphatic rings. The second-order valence-corrected chi connectivity index (χ2v) is 5.44. The summed E-state index contributed by atoms with van der Waals surface area (Å²) in [7, 11) is 0. The number of amides is 1. The smallest absolute Gasteiger partial charge is 0.257 e. The molecular weight excluding hydrogens is 272 g/mol. The van der Waals surface area contributed by atoms with Gasteiger partial charge in [0.2, 0.25) is 0 Å². The second-order valence-electron chi connectivity index (χ2n) is 4.24. The van der Waals surface area contributed by atoms with Crippen molar-refractivity contribution in [2.45, 2.75) is 13.8 Å². The highest BCUT2D eigenvalue weighted by atomic mass is 32.1. The van der Waals surface area contributed by atoms with Crippen molar-refractivity contribution in [2.24, 2.45) is 0 Å². The van der Waals surface area contributed by atoms with Crippen molar-refractivity contribution in [1.29, 1.82) is 0 Å². The van der Waals surface area contributed by atoms with Gasteiger partial charge in [-0.1, -0.05) is 12.7 Å². The molecular formula is C15H16N2O2S. The van der Waals surface area contributed by atoms with E-state index in [0.717, 1.165) is 10.6 Å². The number of carbonyl (C=O) groups is 1. The lowest BCUT2D eigenvalue weighted by atomic mass is 10.2. The number of benzene rings is 1. The van der Waals surface area contributed by atoms with Gasteiger partial charge in [-0.15, -0.1) is 11.3 Å². The van der Waals surface area contributed by atoms with Crippen LogP contribution in [0.25, 0.3) is 0 Å². The van der Waals surface area contributed by atoms with Gasteiger partial charge in [-0.2, -0.15) is 0 Å². The van der Waals surface area contributed by atoms with Crippen LogP contribution in [0.1, 0.15) is 20.9 Å². The Hall–Kier alpha value is -2.14. The maximum absolute atomic E-state index is 12.1. The van der Waals surface area contributed by atoms with Crippen molar-refractivity contribution in [3.8, 4) is 5.75 Å². The first-order valence-corrected chi connectivity index (χ1v) is 7.01. The van der Waals surface area contributed by atoms with E-state index < -0.39 is 0 Å². The number of aryl methyl sites for hydroxylation is 2. The molecule has 0 spiro atoms. The zero-order valence-corrected chi connectivity index (χ0v) is 12.3. The number of thiazole rings is 1. The fourth-order valence-electron chi connectivity index (χ4n) is 1.55. The van der Waals surface area contributed by atoms with E-state index >= 15 is 0 Å². The van der Waals surface area contributed by atoms with Gasteiger partial charge >= 0.3 is 0 Å². The van der Waals surface area contributed by atoms with Crippen LogP contribution in [-0.4, -0.2) is 17.5 Å². The van der Waals surface area contributed by atoms with E-state index in [1.165, 1.54) is 11.3 Å². The third kappa shape index (κ3) is 3.45. The fourth-order valence-corrected chi connectivity index (χ4v) is 2.36. The van der Waals surface area contributed by atoms with E-state index in [2.05, 4.69) is 16.9 Å². The Morgan fingerprint density at radius 1 is 1.40 bits per heavy atom. The van der Waals surface area contributed by atoms with Gasteiger partial charge in [0, 0.05) is 10.4 Å². The van der Waals surface area contributed by atoms with Gasteiger partial charge in [-0.25, -0.2) is 4.98 Å². The van der Waals surface area contributed by atoms with Crippen molar-refractivity contribution in [3.05, 3.63) is 53.1 Å². The molecule has 2 rings (SSSR count). The summed E-state index contributed by atoms with van der Waals surface area (Å²) in [6.07, 6.45) is 1.67. The fraction of sp³-hybridized carbons (Fsp3) is 0.200. The summed E-state index contributed by atoms with van der Waals surface area (Å²) >= 11 is 1.47. The predicted octanol–water partition coefficient (Wildman–Crippen LogP) is 3.58. The van der Waals surface area contributed by atoms with E-state index in [1.807, 2.05) is 13.8 Å². The minimum atomic E-state index is -0.172. The van der Waals surface area contributed by atoms with Crippen molar-refractivity contribution in [3.63, 3.8) is 0 Å². The van der Waals surface area contributed by atoms with Crippen LogP contribution >= 0.6 is 11.3 Å². The molecule has 0 fully saturated rings. The minimum absolute atomic E-state index is 0.172.